The Morgan fingerprint density at radius 1 is 1.56 bits per heavy atom. The number of nitro groups is 1. The summed E-state index contributed by atoms with van der Waals surface area (Å²) < 4.78 is 5.27. The van der Waals surface area contributed by atoms with E-state index in [0.717, 1.165) is 43.0 Å². The van der Waals surface area contributed by atoms with Crippen molar-refractivity contribution in [2.75, 3.05) is 13.2 Å². The fourth-order valence-electron chi connectivity index (χ4n) is 1.96. The van der Waals surface area contributed by atoms with Crippen LogP contribution in [-0.2, 0) is 4.74 Å². The van der Waals surface area contributed by atoms with Crippen LogP contribution in [-0.4, -0.2) is 18.1 Å². The highest BCUT2D eigenvalue weighted by molar-refractivity contribution is 7.13. The molecule has 1 atom stereocenters. The van der Waals surface area contributed by atoms with Gasteiger partial charge in [-0.05, 0) is 24.3 Å². The Labute approximate surface area is 97.4 Å². The fourth-order valence-corrected chi connectivity index (χ4v) is 2.73. The molecule has 1 aliphatic rings. The molecule has 0 spiro atoms. The maximum absolute atomic E-state index is 10.6. The first-order valence-electron chi connectivity index (χ1n) is 5.24. The zero-order chi connectivity index (χ0) is 11.5. The van der Waals surface area contributed by atoms with E-state index in [4.69, 9.17) is 10.5 Å². The molecule has 0 amide bonds. The monoisotopic (exact) mass is 242 g/mol. The van der Waals surface area contributed by atoms with Gasteiger partial charge in [-0.25, -0.2) is 0 Å². The van der Waals surface area contributed by atoms with Gasteiger partial charge < -0.3 is 10.5 Å². The smallest absolute Gasteiger partial charge is 0.324 e. The number of ether oxygens (including phenoxy) is 1. The first-order chi connectivity index (χ1) is 7.68. The van der Waals surface area contributed by atoms with Crippen LogP contribution in [0.1, 0.15) is 24.4 Å². The highest BCUT2D eigenvalue weighted by Crippen LogP contribution is 2.33. The average molecular weight is 242 g/mol. The molecule has 1 aromatic heterocycles. The van der Waals surface area contributed by atoms with E-state index < -0.39 is 0 Å². The first-order valence-corrected chi connectivity index (χ1v) is 6.12. The Balaban J connectivity index is 2.07. The molecule has 1 fully saturated rings. The molecular weight excluding hydrogens is 228 g/mol. The van der Waals surface area contributed by atoms with Crippen LogP contribution in [0.4, 0.5) is 5.00 Å². The van der Waals surface area contributed by atoms with Gasteiger partial charge in [0.15, 0.2) is 0 Å². The van der Waals surface area contributed by atoms with Crippen molar-refractivity contribution < 1.29 is 9.66 Å². The molecule has 6 heteroatoms. The minimum Gasteiger partial charge on any atom is -0.381 e. The number of hydrogen-bond acceptors (Lipinski definition) is 5. The van der Waals surface area contributed by atoms with E-state index in [9.17, 15) is 10.1 Å². The summed E-state index contributed by atoms with van der Waals surface area (Å²) in [5.74, 6) is 0.378. The van der Waals surface area contributed by atoms with E-state index >= 15 is 0 Å². The van der Waals surface area contributed by atoms with Gasteiger partial charge in [-0.3, -0.25) is 10.1 Å². The van der Waals surface area contributed by atoms with Crippen LogP contribution >= 0.6 is 11.3 Å². The normalized spacial score (nSPS) is 19.6. The van der Waals surface area contributed by atoms with Gasteiger partial charge in [0.2, 0.25) is 0 Å². The first kappa shape index (κ1) is 11.5. The van der Waals surface area contributed by atoms with E-state index in [0.29, 0.717) is 5.92 Å². The van der Waals surface area contributed by atoms with Crippen molar-refractivity contribution >= 4 is 16.3 Å². The van der Waals surface area contributed by atoms with Gasteiger partial charge in [-0.1, -0.05) is 11.3 Å². The summed E-state index contributed by atoms with van der Waals surface area (Å²) in [4.78, 5) is 10.2. The quantitative estimate of drug-likeness (QED) is 0.650. The minimum absolute atomic E-state index is 0.103. The molecule has 5 nitrogen and oxygen atoms in total. The second-order valence-corrected chi connectivity index (χ2v) is 4.84. The molecule has 1 saturated heterocycles. The molecule has 0 saturated carbocycles. The van der Waals surface area contributed by atoms with Gasteiger partial charge in [0.1, 0.15) is 0 Å². The zero-order valence-corrected chi connectivity index (χ0v) is 9.61. The van der Waals surface area contributed by atoms with E-state index in [2.05, 4.69) is 0 Å². The predicted octanol–water partition coefficient (Wildman–Crippen LogP) is 2.08. The number of rotatable bonds is 3. The Morgan fingerprint density at radius 3 is 2.81 bits per heavy atom. The van der Waals surface area contributed by atoms with Gasteiger partial charge >= 0.3 is 5.00 Å². The van der Waals surface area contributed by atoms with Crippen molar-refractivity contribution in [3.05, 3.63) is 27.1 Å². The van der Waals surface area contributed by atoms with Gasteiger partial charge in [0, 0.05) is 30.7 Å². The fraction of sp³-hybridized carbons (Fsp3) is 0.600. The predicted molar refractivity (Wildman–Crippen MR) is 61.4 cm³/mol. The highest BCUT2D eigenvalue weighted by atomic mass is 32.1. The number of nitrogens with two attached hydrogens (primary N) is 1. The van der Waals surface area contributed by atoms with Crippen molar-refractivity contribution in [2.45, 2.75) is 18.9 Å². The summed E-state index contributed by atoms with van der Waals surface area (Å²) in [5.41, 5.74) is 6.99. The van der Waals surface area contributed by atoms with Crippen molar-refractivity contribution in [1.29, 1.82) is 0 Å². The molecule has 2 N–H and O–H groups in total. The van der Waals surface area contributed by atoms with Crippen molar-refractivity contribution in [3.63, 3.8) is 0 Å². The molecule has 0 aromatic carbocycles. The van der Waals surface area contributed by atoms with Crippen LogP contribution in [0.3, 0.4) is 0 Å². The summed E-state index contributed by atoms with van der Waals surface area (Å²) in [6.07, 6.45) is 1.87. The minimum atomic E-state index is -0.370. The molecule has 2 heterocycles. The third-order valence-electron chi connectivity index (χ3n) is 2.94. The summed E-state index contributed by atoms with van der Waals surface area (Å²) >= 11 is 1.14. The Hall–Kier alpha value is -0.980. The third kappa shape index (κ3) is 2.40. The van der Waals surface area contributed by atoms with Crippen LogP contribution in [0, 0.1) is 16.0 Å². The Kier molecular flexibility index (Phi) is 3.52. The molecule has 1 aliphatic heterocycles. The molecule has 0 unspecified atom stereocenters. The molecule has 0 aliphatic carbocycles. The molecule has 2 rings (SSSR count). The van der Waals surface area contributed by atoms with Crippen LogP contribution in [0.2, 0.25) is 0 Å². The Morgan fingerprint density at radius 2 is 2.25 bits per heavy atom. The lowest BCUT2D eigenvalue weighted by Gasteiger charge is -2.26. The van der Waals surface area contributed by atoms with Crippen molar-refractivity contribution in [2.24, 2.45) is 11.7 Å². The number of thiophene rings is 1. The van der Waals surface area contributed by atoms with Crippen LogP contribution in [0.5, 0.6) is 0 Å². The summed E-state index contributed by atoms with van der Waals surface area (Å²) in [7, 11) is 0. The molecule has 1 aromatic rings. The van der Waals surface area contributed by atoms with Crippen LogP contribution in [0.15, 0.2) is 11.4 Å². The second-order valence-electron chi connectivity index (χ2n) is 3.95. The second kappa shape index (κ2) is 4.90. The maximum Gasteiger partial charge on any atom is 0.324 e. The molecular formula is C10H14N2O3S. The molecule has 0 radical (unpaired) electrons. The Bertz CT molecular complexity index is 374. The number of nitrogens with zero attached hydrogens (tertiary/aromatic N) is 1. The highest BCUT2D eigenvalue weighted by Gasteiger charge is 2.24. The molecule has 16 heavy (non-hydrogen) atoms. The molecule has 0 bridgehead atoms. The van der Waals surface area contributed by atoms with E-state index in [1.165, 1.54) is 0 Å². The van der Waals surface area contributed by atoms with E-state index in [-0.39, 0.29) is 16.0 Å². The lowest BCUT2D eigenvalue weighted by molar-refractivity contribution is -0.380. The zero-order valence-electron chi connectivity index (χ0n) is 8.80. The van der Waals surface area contributed by atoms with Gasteiger partial charge in [-0.15, -0.1) is 0 Å². The molecule has 88 valence electrons. The van der Waals surface area contributed by atoms with Crippen LogP contribution < -0.4 is 5.73 Å². The topological polar surface area (TPSA) is 78.4 Å². The lowest BCUT2D eigenvalue weighted by Crippen LogP contribution is -2.27. The lowest BCUT2D eigenvalue weighted by atomic mass is 9.89. The van der Waals surface area contributed by atoms with Crippen molar-refractivity contribution in [3.8, 4) is 0 Å². The average Bonchev–Trinajstić information content (AvgIpc) is 2.78. The van der Waals surface area contributed by atoms with Crippen molar-refractivity contribution in [1.82, 2.24) is 0 Å². The van der Waals surface area contributed by atoms with Gasteiger partial charge in [-0.2, -0.15) is 0 Å². The van der Waals surface area contributed by atoms with Gasteiger partial charge in [0.05, 0.1) is 4.92 Å². The van der Waals surface area contributed by atoms with Crippen LogP contribution in [0.25, 0.3) is 0 Å². The summed E-state index contributed by atoms with van der Waals surface area (Å²) in [5, 5.41) is 12.5. The van der Waals surface area contributed by atoms with E-state index in [1.54, 1.807) is 11.4 Å². The summed E-state index contributed by atoms with van der Waals surface area (Å²) in [6, 6.07) is 1.49. The summed E-state index contributed by atoms with van der Waals surface area (Å²) in [6.45, 7) is 1.48. The standard InChI is InChI=1S/C10H14N2O3S/c11-10(7-1-3-15-4-2-7)8-5-9(12(13)14)16-6-8/h5-7,10H,1-4,11H2/t10-/m0/s1. The van der Waals surface area contributed by atoms with Gasteiger partial charge in [0.25, 0.3) is 0 Å². The SMILES string of the molecule is N[C@H](c1csc([N+](=O)[O-])c1)C1CCOCC1. The number of hydrogen-bond donors (Lipinski definition) is 1. The largest absolute Gasteiger partial charge is 0.381 e. The third-order valence-corrected chi connectivity index (χ3v) is 3.84. The maximum atomic E-state index is 10.6. The van der Waals surface area contributed by atoms with E-state index in [1.807, 2.05) is 0 Å².